The van der Waals surface area contributed by atoms with Gasteiger partial charge in [0, 0.05) is 23.3 Å². The molecule has 0 fully saturated rings. The molecule has 4 aromatic rings. The summed E-state index contributed by atoms with van der Waals surface area (Å²) in [7, 11) is 6.19. The lowest BCUT2D eigenvalue weighted by atomic mass is 9.83. The zero-order chi connectivity index (χ0) is 40.1. The number of rotatable bonds is 6. The van der Waals surface area contributed by atoms with Crippen molar-refractivity contribution < 1.29 is 52.5 Å². The van der Waals surface area contributed by atoms with Gasteiger partial charge in [0.1, 0.15) is 35.8 Å². The van der Waals surface area contributed by atoms with Crippen LogP contribution in [-0.4, -0.2) is 53.4 Å². The van der Waals surface area contributed by atoms with E-state index in [9.17, 15) is 10.1 Å². The lowest BCUT2D eigenvalue weighted by Crippen LogP contribution is -2.21. The van der Waals surface area contributed by atoms with Crippen LogP contribution < -0.4 is 48.4 Å². The molecule has 3 aliphatic heterocycles. The van der Waals surface area contributed by atoms with Crippen LogP contribution in [0.25, 0.3) is 0 Å². The topological polar surface area (TPSA) is 218 Å². The summed E-state index contributed by atoms with van der Waals surface area (Å²) in [5.74, 6) is 5.03. The third kappa shape index (κ3) is 9.74. The fourth-order valence-electron chi connectivity index (χ4n) is 5.22. The smallest absolute Gasteiger partial charge is 0.231 e. The van der Waals surface area contributed by atoms with Crippen LogP contribution in [0.5, 0.6) is 57.5 Å². The average Bonchev–Trinajstić information content (AvgIpc) is 3.86. The van der Waals surface area contributed by atoms with Crippen LogP contribution in [0.15, 0.2) is 75.0 Å². The maximum absolute atomic E-state index is 10.5. The van der Waals surface area contributed by atoms with Crippen molar-refractivity contribution in [2.75, 3.05) is 42.0 Å². The molecule has 15 nitrogen and oxygen atoms in total. The van der Waals surface area contributed by atoms with E-state index >= 15 is 0 Å². The first kappa shape index (κ1) is 41.3. The predicted octanol–water partition coefficient (Wildman–Crippen LogP) is 7.24. The van der Waals surface area contributed by atoms with E-state index in [0.29, 0.717) is 71.8 Å². The lowest BCUT2D eigenvalue weighted by molar-refractivity contribution is 0.112. The standard InChI is InChI=1S/C19H15BrN2O5.C9H9BrO3.C7H6O3.C3H2N2/c1-23-16-4-9(3-12(20)18(16)24-2)17-10-5-14-15(26-8-25-14)6-13(10)27-19(22)11(17)7-21;1-12-8-4-6(5-11)3-7(10)9(8)13-2;8-5-1-2-6-7(3-5)10-4-9-6;4-2-1-3-5/h3-6,17H,8,22H2,1-2H3;3-5H,1-2H3;1-3,8H,4H2;1H2. The number of aldehydes is 1. The molecule has 284 valence electrons. The number of hydrogen-bond acceptors (Lipinski definition) is 15. The summed E-state index contributed by atoms with van der Waals surface area (Å²) in [6.07, 6.45) is 0.757. The number of carbonyl (C=O) groups is 1. The highest BCUT2D eigenvalue weighted by Gasteiger charge is 2.34. The molecule has 1 atom stereocenters. The maximum Gasteiger partial charge on any atom is 0.231 e. The fourth-order valence-corrected chi connectivity index (χ4v) is 6.46. The van der Waals surface area contributed by atoms with E-state index in [0.717, 1.165) is 17.4 Å². The minimum atomic E-state index is -0.454. The molecule has 1 unspecified atom stereocenters. The second-order valence-corrected chi connectivity index (χ2v) is 12.5. The highest BCUT2D eigenvalue weighted by molar-refractivity contribution is 9.11. The Kier molecular flexibility index (Phi) is 14.7. The molecule has 0 bridgehead atoms. The quantitative estimate of drug-likeness (QED) is 0.183. The van der Waals surface area contributed by atoms with Gasteiger partial charge >= 0.3 is 0 Å². The molecule has 0 saturated heterocycles. The largest absolute Gasteiger partial charge is 0.508 e. The summed E-state index contributed by atoms with van der Waals surface area (Å²) in [4.78, 5) is 10.5. The van der Waals surface area contributed by atoms with Gasteiger partial charge in [-0.2, -0.15) is 15.8 Å². The molecule has 0 aromatic heterocycles. The first-order valence-corrected chi connectivity index (χ1v) is 17.3. The molecule has 3 aliphatic rings. The number of nitrogens with zero attached hydrogens (tertiary/aromatic N) is 3. The summed E-state index contributed by atoms with van der Waals surface area (Å²) in [5.41, 5.74) is 8.44. The molecular weight excluding hydrogens is 848 g/mol. The Labute approximate surface area is 332 Å². The fraction of sp³-hybridized carbons (Fsp3) is 0.211. The minimum Gasteiger partial charge on any atom is -0.508 e. The van der Waals surface area contributed by atoms with Crippen molar-refractivity contribution in [2.24, 2.45) is 5.73 Å². The van der Waals surface area contributed by atoms with Crippen molar-refractivity contribution in [3.63, 3.8) is 0 Å². The Morgan fingerprint density at radius 1 is 0.764 bits per heavy atom. The number of benzene rings is 4. The van der Waals surface area contributed by atoms with Crippen LogP contribution >= 0.6 is 31.9 Å². The molecule has 0 aliphatic carbocycles. The molecule has 3 heterocycles. The minimum absolute atomic E-state index is 0. The number of nitriles is 3. The Hall–Kier alpha value is -6.48. The summed E-state index contributed by atoms with van der Waals surface area (Å²) in [6, 6.07) is 20.8. The molecule has 0 saturated carbocycles. The number of aromatic hydroxyl groups is 1. The molecule has 4 aromatic carbocycles. The zero-order valence-corrected chi connectivity index (χ0v) is 32.8. The maximum atomic E-state index is 10.5. The summed E-state index contributed by atoms with van der Waals surface area (Å²) < 4.78 is 48.9. The van der Waals surface area contributed by atoms with Gasteiger partial charge in [0.2, 0.25) is 19.5 Å². The number of carbonyl (C=O) groups excluding carboxylic acids is 1. The van der Waals surface area contributed by atoms with Crippen LogP contribution in [-0.2, 0) is 0 Å². The molecule has 55 heavy (non-hydrogen) atoms. The Morgan fingerprint density at radius 3 is 1.87 bits per heavy atom. The van der Waals surface area contributed by atoms with Crippen LogP contribution in [0.3, 0.4) is 0 Å². The van der Waals surface area contributed by atoms with E-state index in [4.69, 9.17) is 64.0 Å². The predicted molar refractivity (Wildman–Crippen MR) is 202 cm³/mol. The van der Waals surface area contributed by atoms with E-state index in [1.807, 2.05) is 18.2 Å². The zero-order valence-electron chi connectivity index (χ0n) is 29.7. The van der Waals surface area contributed by atoms with Crippen LogP contribution in [0.2, 0.25) is 0 Å². The molecule has 17 heteroatoms. The van der Waals surface area contributed by atoms with E-state index in [2.05, 4.69) is 37.9 Å². The van der Waals surface area contributed by atoms with Gasteiger partial charge in [-0.3, -0.25) is 4.79 Å². The second kappa shape index (κ2) is 19.6. The molecule has 3 N–H and O–H groups in total. The van der Waals surface area contributed by atoms with Crippen molar-refractivity contribution >= 4 is 38.1 Å². The number of allylic oxidation sites excluding steroid dienone is 1. The third-order valence-corrected chi connectivity index (χ3v) is 8.78. The Morgan fingerprint density at radius 2 is 1.33 bits per heavy atom. The Bertz CT molecular complexity index is 2200. The second-order valence-electron chi connectivity index (χ2n) is 10.8. The number of methoxy groups -OCH3 is 4. The monoisotopic (exact) mass is 878 g/mol. The van der Waals surface area contributed by atoms with E-state index in [1.54, 1.807) is 63.8 Å². The van der Waals surface area contributed by atoms with Crippen molar-refractivity contribution in [2.45, 2.75) is 12.3 Å². The highest BCUT2D eigenvalue weighted by atomic mass is 79.9. The van der Waals surface area contributed by atoms with Gasteiger partial charge in [-0.1, -0.05) is 0 Å². The normalized spacial score (nSPS) is 13.5. The number of hydrogen-bond donors (Lipinski definition) is 2. The number of nitrogens with two attached hydrogens (primary N) is 1. The van der Waals surface area contributed by atoms with Crippen LogP contribution in [0.4, 0.5) is 0 Å². The van der Waals surface area contributed by atoms with Gasteiger partial charge in [0.05, 0.1) is 55.4 Å². The number of phenols is 1. The first-order valence-electron chi connectivity index (χ1n) is 15.7. The van der Waals surface area contributed by atoms with Crippen molar-refractivity contribution in [1.82, 2.24) is 0 Å². The van der Waals surface area contributed by atoms with Crippen molar-refractivity contribution in [1.29, 1.82) is 15.8 Å². The van der Waals surface area contributed by atoms with Crippen LogP contribution in [0, 0.1) is 34.0 Å². The average molecular weight is 880 g/mol. The number of phenolic OH excluding ortho intramolecular Hbond substituents is 1. The van der Waals surface area contributed by atoms with E-state index in [1.165, 1.54) is 13.2 Å². The molecule has 7 rings (SSSR count). The van der Waals surface area contributed by atoms with Gasteiger partial charge in [-0.25, -0.2) is 0 Å². The number of ether oxygens (including phenoxy) is 9. The number of fused-ring (bicyclic) bond motifs is 3. The molecular formula is C38H32Br2N4O11. The number of halogens is 2. The first-order chi connectivity index (χ1) is 26.6. The molecule has 0 amide bonds. The molecule has 0 spiro atoms. The highest BCUT2D eigenvalue weighted by Crippen LogP contribution is 2.50. The van der Waals surface area contributed by atoms with E-state index in [-0.39, 0.29) is 31.6 Å². The van der Waals surface area contributed by atoms with Gasteiger partial charge in [-0.05, 0) is 79.9 Å². The van der Waals surface area contributed by atoms with Gasteiger partial charge in [-0.15, -0.1) is 0 Å². The molecule has 0 radical (unpaired) electrons. The summed E-state index contributed by atoms with van der Waals surface area (Å²) >= 11 is 6.78. The Balaban J connectivity index is 0.000000198. The van der Waals surface area contributed by atoms with Crippen molar-refractivity contribution in [3.05, 3.63) is 91.7 Å². The SMILES string of the molecule is COc1cc(C2C(C#N)=C(N)Oc3cc4c(cc32)OCO4)cc(Br)c1OC.COc1cc(C=O)cc(Br)c1OC.N#CCC#N.Oc1ccc2c(c1)OCO2. The van der Waals surface area contributed by atoms with Gasteiger partial charge in [0.25, 0.3) is 0 Å². The summed E-state index contributed by atoms with van der Waals surface area (Å²) in [5, 5.41) is 33.9. The van der Waals surface area contributed by atoms with Crippen LogP contribution in [0.1, 0.15) is 33.8 Å². The van der Waals surface area contributed by atoms with E-state index < -0.39 is 5.92 Å². The van der Waals surface area contributed by atoms with Crippen molar-refractivity contribution in [3.8, 4) is 75.7 Å². The van der Waals surface area contributed by atoms with Gasteiger partial charge in [0.15, 0.2) is 46.0 Å². The lowest BCUT2D eigenvalue weighted by Gasteiger charge is -2.27. The van der Waals surface area contributed by atoms with Gasteiger partial charge < -0.3 is 53.5 Å². The summed E-state index contributed by atoms with van der Waals surface area (Å²) in [6.45, 7) is 0.387. The third-order valence-electron chi connectivity index (χ3n) is 7.61.